The number of amides is 3. The lowest BCUT2D eigenvalue weighted by atomic mass is 10.1. The molecule has 0 radical (unpaired) electrons. The molecule has 0 unspecified atom stereocenters. The van der Waals surface area contributed by atoms with E-state index in [4.69, 9.17) is 0 Å². The van der Waals surface area contributed by atoms with Gasteiger partial charge >= 0.3 is 6.03 Å². The third kappa shape index (κ3) is 4.47. The highest BCUT2D eigenvalue weighted by molar-refractivity contribution is 7.71. The second-order valence-electron chi connectivity index (χ2n) is 5.49. The van der Waals surface area contributed by atoms with Crippen LogP contribution in [0.1, 0.15) is 15.9 Å². The van der Waals surface area contributed by atoms with E-state index in [1.165, 1.54) is 18.2 Å². The van der Waals surface area contributed by atoms with Crippen LogP contribution in [0.4, 0.5) is 15.6 Å². The predicted molar refractivity (Wildman–Crippen MR) is 103 cm³/mol. The summed E-state index contributed by atoms with van der Waals surface area (Å²) in [5.41, 5.74) is 0.477. The van der Waals surface area contributed by atoms with Gasteiger partial charge in [0.2, 0.25) is 0 Å². The van der Waals surface area contributed by atoms with Gasteiger partial charge in [-0.1, -0.05) is 29.5 Å². The molecular formula is C16H12N4O6S2. The Morgan fingerprint density at radius 2 is 1.93 bits per heavy atom. The van der Waals surface area contributed by atoms with E-state index in [2.05, 4.69) is 10.3 Å². The predicted octanol–water partition coefficient (Wildman–Crippen LogP) is 2.28. The van der Waals surface area contributed by atoms with E-state index >= 15 is 0 Å². The molecule has 0 aliphatic rings. The van der Waals surface area contributed by atoms with Crippen LogP contribution in [0.15, 0.2) is 42.5 Å². The number of nitro benzene ring substituents is 1. The van der Waals surface area contributed by atoms with E-state index < -0.39 is 33.3 Å². The van der Waals surface area contributed by atoms with E-state index in [9.17, 15) is 28.1 Å². The number of carbonyl (C=O) groups is 2. The number of aromatic nitrogens is 1. The van der Waals surface area contributed by atoms with Crippen molar-refractivity contribution in [2.24, 2.45) is 0 Å². The maximum Gasteiger partial charge on any atom is 0.327 e. The second-order valence-corrected chi connectivity index (χ2v) is 7.51. The van der Waals surface area contributed by atoms with Crippen molar-refractivity contribution in [2.45, 2.75) is 5.75 Å². The van der Waals surface area contributed by atoms with Gasteiger partial charge in [-0.05, 0) is 23.8 Å². The van der Waals surface area contributed by atoms with Crippen LogP contribution in [-0.2, 0) is 16.5 Å². The van der Waals surface area contributed by atoms with Gasteiger partial charge in [0.1, 0.15) is 16.3 Å². The van der Waals surface area contributed by atoms with E-state index in [0.29, 0.717) is 15.8 Å². The highest BCUT2D eigenvalue weighted by Gasteiger charge is 2.21. The third-order valence-corrected chi connectivity index (χ3v) is 5.11. The summed E-state index contributed by atoms with van der Waals surface area (Å²) in [5.74, 6) is -1.02. The lowest BCUT2D eigenvalue weighted by Crippen LogP contribution is -2.34. The zero-order chi connectivity index (χ0) is 20.3. The maximum atomic E-state index is 12.1. The molecule has 144 valence electrons. The molecule has 0 atom stereocenters. The molecule has 3 rings (SSSR count). The first-order valence-electron chi connectivity index (χ1n) is 7.70. The summed E-state index contributed by atoms with van der Waals surface area (Å²) in [4.78, 5) is 38.6. The van der Waals surface area contributed by atoms with E-state index in [1.807, 2.05) is 5.32 Å². The van der Waals surface area contributed by atoms with Crippen molar-refractivity contribution in [3.63, 3.8) is 0 Å². The smallest absolute Gasteiger partial charge is 0.283 e. The number of nitro groups is 1. The quantitative estimate of drug-likeness (QED) is 0.326. The number of urea groups is 1. The van der Waals surface area contributed by atoms with Crippen molar-refractivity contribution in [3.05, 3.63) is 63.7 Å². The minimum atomic E-state index is -2.56. The molecule has 12 heteroatoms. The Labute approximate surface area is 163 Å². The van der Waals surface area contributed by atoms with Gasteiger partial charge in [-0.3, -0.25) is 25.5 Å². The summed E-state index contributed by atoms with van der Waals surface area (Å²) in [6, 6.07) is 9.25. The number of nitrogens with one attached hydrogen (secondary N) is 2. The first kappa shape index (κ1) is 19.4. The Kier molecular flexibility index (Phi) is 5.61. The molecule has 0 aliphatic heterocycles. The van der Waals surface area contributed by atoms with Crippen molar-refractivity contribution in [1.29, 1.82) is 0 Å². The van der Waals surface area contributed by atoms with Crippen LogP contribution in [0.5, 0.6) is 0 Å². The number of hydrogen-bond acceptors (Lipinski definition) is 8. The molecule has 0 fully saturated rings. The van der Waals surface area contributed by atoms with Crippen molar-refractivity contribution < 1.29 is 22.9 Å². The van der Waals surface area contributed by atoms with Gasteiger partial charge in [0.15, 0.2) is 5.13 Å². The van der Waals surface area contributed by atoms with Crippen LogP contribution in [0.25, 0.3) is 10.2 Å². The molecule has 0 saturated carbocycles. The van der Waals surface area contributed by atoms with E-state index in [0.717, 1.165) is 17.4 Å². The number of imide groups is 1. The summed E-state index contributed by atoms with van der Waals surface area (Å²) in [5, 5.41) is 15.6. The largest absolute Gasteiger partial charge is 0.327 e. The van der Waals surface area contributed by atoms with Crippen LogP contribution in [-0.4, -0.2) is 30.3 Å². The number of rotatable bonds is 5. The summed E-state index contributed by atoms with van der Waals surface area (Å²) in [6.45, 7) is 0. The van der Waals surface area contributed by atoms with Gasteiger partial charge in [-0.2, -0.15) is 0 Å². The van der Waals surface area contributed by atoms with Gasteiger partial charge in [0, 0.05) is 6.07 Å². The Bertz CT molecular complexity index is 1160. The Morgan fingerprint density at radius 3 is 2.64 bits per heavy atom. The van der Waals surface area contributed by atoms with Crippen molar-refractivity contribution in [1.82, 2.24) is 10.3 Å². The fourth-order valence-electron chi connectivity index (χ4n) is 2.39. The monoisotopic (exact) mass is 420 g/mol. The maximum absolute atomic E-state index is 12.1. The zero-order valence-electron chi connectivity index (χ0n) is 13.9. The number of hydrogen-bond donors (Lipinski definition) is 3. The van der Waals surface area contributed by atoms with Gasteiger partial charge in [0.05, 0.1) is 20.9 Å². The van der Waals surface area contributed by atoms with Gasteiger partial charge in [0.25, 0.3) is 11.6 Å². The summed E-state index contributed by atoms with van der Waals surface area (Å²) in [6.07, 6.45) is 0. The molecule has 2 N–H and O–H groups in total. The minimum absolute atomic E-state index is 0.100. The topological polar surface area (TPSA) is 148 Å². The fraction of sp³-hybridized carbons (Fsp3) is 0.0625. The number of benzene rings is 2. The minimum Gasteiger partial charge on any atom is -0.283 e. The normalized spacial score (nSPS) is 10.8. The molecule has 2 aromatic carbocycles. The van der Waals surface area contributed by atoms with Gasteiger partial charge in [-0.15, -0.1) is 0 Å². The number of nitrogens with zero attached hydrogens (tertiary/aromatic N) is 2. The van der Waals surface area contributed by atoms with Crippen LogP contribution in [0.2, 0.25) is 0 Å². The van der Waals surface area contributed by atoms with E-state index in [1.54, 1.807) is 18.2 Å². The SMILES string of the molecule is O=C(NC(=O)c1ccccc1[N+](=O)[O-])Nc1nc2ccc(C[SH](=O)=O)cc2s1. The number of thiazole rings is 1. The average molecular weight is 420 g/mol. The first-order chi connectivity index (χ1) is 13.3. The summed E-state index contributed by atoms with van der Waals surface area (Å²) < 4.78 is 22.3. The van der Waals surface area contributed by atoms with Crippen LogP contribution in [0, 0.1) is 10.1 Å². The molecule has 3 aromatic rings. The molecule has 3 amide bonds. The standard InChI is InChI=1S/C16H12N4O6S2/c21-14(10-3-1-2-4-12(10)20(23)24)18-15(22)19-16-17-11-6-5-9(8-28(25)26)7-13(11)27-16/h1-7,28H,8H2,(H2,17,18,19,21,22). The Morgan fingerprint density at radius 1 is 1.18 bits per heavy atom. The molecule has 0 bridgehead atoms. The molecule has 10 nitrogen and oxygen atoms in total. The lowest BCUT2D eigenvalue weighted by Gasteiger charge is -2.04. The highest BCUT2D eigenvalue weighted by Crippen LogP contribution is 2.27. The molecular weight excluding hydrogens is 408 g/mol. The molecule has 0 aliphatic carbocycles. The molecule has 28 heavy (non-hydrogen) atoms. The summed E-state index contributed by atoms with van der Waals surface area (Å²) >= 11 is 1.10. The number of fused-ring (bicyclic) bond motifs is 1. The highest BCUT2D eigenvalue weighted by atomic mass is 32.2. The zero-order valence-corrected chi connectivity index (χ0v) is 15.7. The second kappa shape index (κ2) is 8.10. The first-order valence-corrected chi connectivity index (χ1v) is 9.88. The fourth-order valence-corrected chi connectivity index (χ4v) is 3.81. The number of thiol groups is 1. The molecule has 1 aromatic heterocycles. The number of anilines is 1. The van der Waals surface area contributed by atoms with Crippen molar-refractivity contribution >= 4 is 55.0 Å². The Balaban J connectivity index is 1.72. The van der Waals surface area contributed by atoms with Crippen molar-refractivity contribution in [2.75, 3.05) is 5.32 Å². The summed E-state index contributed by atoms with van der Waals surface area (Å²) in [7, 11) is -2.56. The molecule has 1 heterocycles. The number of carbonyl (C=O) groups excluding carboxylic acids is 2. The van der Waals surface area contributed by atoms with Gasteiger partial charge < -0.3 is 0 Å². The third-order valence-electron chi connectivity index (χ3n) is 3.56. The van der Waals surface area contributed by atoms with Crippen LogP contribution < -0.4 is 10.6 Å². The van der Waals surface area contributed by atoms with E-state index in [-0.39, 0.29) is 16.4 Å². The van der Waals surface area contributed by atoms with Crippen molar-refractivity contribution in [3.8, 4) is 0 Å². The lowest BCUT2D eigenvalue weighted by molar-refractivity contribution is -0.385. The van der Waals surface area contributed by atoms with Crippen LogP contribution in [0.3, 0.4) is 0 Å². The molecule has 0 spiro atoms. The Hall–Kier alpha value is -3.38. The average Bonchev–Trinajstić information content (AvgIpc) is 3.02. The molecule has 0 saturated heterocycles. The van der Waals surface area contributed by atoms with Crippen LogP contribution >= 0.6 is 11.3 Å². The van der Waals surface area contributed by atoms with Gasteiger partial charge in [-0.25, -0.2) is 18.2 Å². The number of para-hydroxylation sites is 1.